The molecule has 5 heteroatoms. The van der Waals surface area contributed by atoms with Crippen molar-refractivity contribution in [2.45, 2.75) is 0 Å². The summed E-state index contributed by atoms with van der Waals surface area (Å²) < 4.78 is 5.42. The molecule has 1 aromatic rings. The van der Waals surface area contributed by atoms with Crippen LogP contribution in [0.25, 0.3) is 0 Å². The number of hydrogen-bond acceptors (Lipinski definition) is 3. The van der Waals surface area contributed by atoms with E-state index in [0.29, 0.717) is 6.54 Å². The number of thiocarbonyl (C=S) groups is 1. The standard InChI is InChI=1S/C15H21N3OS/c1-3-8-16-15(20)18-11-9-17(10-12-18)13-6-4-5-7-14(13)19-2/h3-7H,1,8-12H2,2H3,(H,16,20). The summed E-state index contributed by atoms with van der Waals surface area (Å²) in [5, 5.41) is 3.99. The molecule has 0 atom stereocenters. The number of rotatable bonds is 4. The fraction of sp³-hybridized carbons (Fsp3) is 0.400. The lowest BCUT2D eigenvalue weighted by molar-refractivity contribution is 0.374. The molecule has 4 nitrogen and oxygen atoms in total. The van der Waals surface area contributed by atoms with Gasteiger partial charge in [0.1, 0.15) is 5.75 Å². The summed E-state index contributed by atoms with van der Waals surface area (Å²) in [7, 11) is 1.71. The van der Waals surface area contributed by atoms with Crippen molar-refractivity contribution in [3.63, 3.8) is 0 Å². The number of methoxy groups -OCH3 is 1. The molecule has 0 spiro atoms. The number of hydrogen-bond donors (Lipinski definition) is 1. The number of anilines is 1. The van der Waals surface area contributed by atoms with E-state index in [2.05, 4.69) is 27.8 Å². The van der Waals surface area contributed by atoms with Gasteiger partial charge in [-0.2, -0.15) is 0 Å². The van der Waals surface area contributed by atoms with Gasteiger partial charge in [-0.25, -0.2) is 0 Å². The van der Waals surface area contributed by atoms with Crippen molar-refractivity contribution >= 4 is 23.0 Å². The zero-order chi connectivity index (χ0) is 14.4. The molecule has 1 aliphatic heterocycles. The van der Waals surface area contributed by atoms with E-state index in [4.69, 9.17) is 17.0 Å². The minimum atomic E-state index is 0.714. The first kappa shape index (κ1) is 14.7. The number of para-hydroxylation sites is 2. The van der Waals surface area contributed by atoms with Gasteiger partial charge >= 0.3 is 0 Å². The monoisotopic (exact) mass is 291 g/mol. The Hall–Kier alpha value is -1.75. The second kappa shape index (κ2) is 7.14. The molecular weight excluding hydrogens is 270 g/mol. The van der Waals surface area contributed by atoms with Crippen molar-refractivity contribution in [1.82, 2.24) is 10.2 Å². The summed E-state index contributed by atoms with van der Waals surface area (Å²) in [5.41, 5.74) is 1.15. The van der Waals surface area contributed by atoms with Crippen molar-refractivity contribution < 1.29 is 4.74 Å². The molecule has 0 amide bonds. The van der Waals surface area contributed by atoms with Gasteiger partial charge in [0.2, 0.25) is 0 Å². The zero-order valence-corrected chi connectivity index (χ0v) is 12.7. The smallest absolute Gasteiger partial charge is 0.169 e. The van der Waals surface area contributed by atoms with E-state index >= 15 is 0 Å². The molecule has 2 rings (SSSR count). The lowest BCUT2D eigenvalue weighted by Gasteiger charge is -2.37. The average molecular weight is 291 g/mol. The normalized spacial score (nSPS) is 14.8. The van der Waals surface area contributed by atoms with Gasteiger partial charge in [-0.15, -0.1) is 6.58 Å². The van der Waals surface area contributed by atoms with Crippen molar-refractivity contribution in [1.29, 1.82) is 0 Å². The molecule has 0 aliphatic carbocycles. The van der Waals surface area contributed by atoms with Crippen LogP contribution < -0.4 is 15.0 Å². The molecule has 1 fully saturated rings. The number of ether oxygens (including phenoxy) is 1. The Bertz CT molecular complexity index is 470. The molecule has 0 saturated carbocycles. The van der Waals surface area contributed by atoms with E-state index in [-0.39, 0.29) is 0 Å². The van der Waals surface area contributed by atoms with Gasteiger partial charge in [-0.1, -0.05) is 18.2 Å². The van der Waals surface area contributed by atoms with Crippen molar-refractivity contribution in [3.05, 3.63) is 36.9 Å². The highest BCUT2D eigenvalue weighted by Gasteiger charge is 2.20. The third-order valence-electron chi connectivity index (χ3n) is 3.39. The highest BCUT2D eigenvalue weighted by molar-refractivity contribution is 7.80. The molecule has 20 heavy (non-hydrogen) atoms. The Morgan fingerprint density at radius 1 is 1.35 bits per heavy atom. The summed E-state index contributed by atoms with van der Waals surface area (Å²) in [6, 6.07) is 8.13. The van der Waals surface area contributed by atoms with Crippen LogP contribution in [-0.4, -0.2) is 49.8 Å². The van der Waals surface area contributed by atoms with E-state index in [1.807, 2.05) is 24.3 Å². The number of piperazine rings is 1. The molecule has 1 aromatic carbocycles. The van der Waals surface area contributed by atoms with Crippen LogP contribution in [-0.2, 0) is 0 Å². The molecule has 108 valence electrons. The Morgan fingerprint density at radius 2 is 2.05 bits per heavy atom. The van der Waals surface area contributed by atoms with Gasteiger partial charge in [0.05, 0.1) is 12.8 Å². The van der Waals surface area contributed by atoms with Gasteiger partial charge in [0, 0.05) is 32.7 Å². The Kier molecular flexibility index (Phi) is 5.24. The van der Waals surface area contributed by atoms with E-state index in [1.165, 1.54) is 0 Å². The third kappa shape index (κ3) is 3.42. The van der Waals surface area contributed by atoms with Crippen LogP contribution in [0.4, 0.5) is 5.69 Å². The quantitative estimate of drug-likeness (QED) is 0.675. The van der Waals surface area contributed by atoms with Crippen molar-refractivity contribution in [2.24, 2.45) is 0 Å². The second-order valence-corrected chi connectivity index (χ2v) is 5.01. The summed E-state index contributed by atoms with van der Waals surface area (Å²) in [6.07, 6.45) is 1.82. The number of benzene rings is 1. The number of nitrogens with zero attached hydrogens (tertiary/aromatic N) is 2. The summed E-state index contributed by atoms with van der Waals surface area (Å²) in [5.74, 6) is 0.924. The SMILES string of the molecule is C=CCNC(=S)N1CCN(c2ccccc2OC)CC1. The highest BCUT2D eigenvalue weighted by atomic mass is 32.1. The van der Waals surface area contributed by atoms with Crippen molar-refractivity contribution in [2.75, 3.05) is 44.7 Å². The maximum atomic E-state index is 5.42. The highest BCUT2D eigenvalue weighted by Crippen LogP contribution is 2.28. The van der Waals surface area contributed by atoms with Crippen LogP contribution in [0.1, 0.15) is 0 Å². The molecule has 0 aromatic heterocycles. The summed E-state index contributed by atoms with van der Waals surface area (Å²) >= 11 is 5.37. The van der Waals surface area contributed by atoms with E-state index < -0.39 is 0 Å². The van der Waals surface area contributed by atoms with Crippen LogP contribution in [0.5, 0.6) is 5.75 Å². The van der Waals surface area contributed by atoms with Crippen LogP contribution in [0.2, 0.25) is 0 Å². The van der Waals surface area contributed by atoms with Crippen LogP contribution in [0, 0.1) is 0 Å². The average Bonchev–Trinajstić information content (AvgIpc) is 2.52. The fourth-order valence-corrected chi connectivity index (χ4v) is 2.58. The minimum Gasteiger partial charge on any atom is -0.495 e. The Labute approximate surface area is 126 Å². The lowest BCUT2D eigenvalue weighted by Crippen LogP contribution is -2.51. The first-order valence-corrected chi connectivity index (χ1v) is 7.18. The van der Waals surface area contributed by atoms with Crippen LogP contribution >= 0.6 is 12.2 Å². The van der Waals surface area contributed by atoms with Gasteiger partial charge in [0.15, 0.2) is 5.11 Å². The minimum absolute atomic E-state index is 0.714. The van der Waals surface area contributed by atoms with E-state index in [1.54, 1.807) is 7.11 Å². The predicted molar refractivity (Wildman–Crippen MR) is 87.6 cm³/mol. The zero-order valence-electron chi connectivity index (χ0n) is 11.8. The molecule has 0 radical (unpaired) electrons. The summed E-state index contributed by atoms with van der Waals surface area (Å²) in [4.78, 5) is 4.54. The first-order chi connectivity index (χ1) is 9.76. The largest absolute Gasteiger partial charge is 0.495 e. The van der Waals surface area contributed by atoms with Crippen LogP contribution in [0.15, 0.2) is 36.9 Å². The van der Waals surface area contributed by atoms with E-state index in [9.17, 15) is 0 Å². The topological polar surface area (TPSA) is 27.7 Å². The van der Waals surface area contributed by atoms with Crippen LogP contribution in [0.3, 0.4) is 0 Å². The van der Waals surface area contributed by atoms with Crippen molar-refractivity contribution in [3.8, 4) is 5.75 Å². The van der Waals surface area contributed by atoms with E-state index in [0.717, 1.165) is 42.7 Å². The molecule has 1 aliphatic rings. The second-order valence-electron chi connectivity index (χ2n) is 4.62. The Morgan fingerprint density at radius 3 is 2.70 bits per heavy atom. The maximum Gasteiger partial charge on any atom is 0.169 e. The first-order valence-electron chi connectivity index (χ1n) is 6.78. The van der Waals surface area contributed by atoms with Gasteiger partial charge < -0.3 is 19.9 Å². The van der Waals surface area contributed by atoms with Gasteiger partial charge in [0.25, 0.3) is 0 Å². The fourth-order valence-electron chi connectivity index (χ4n) is 2.31. The summed E-state index contributed by atoms with van der Waals surface area (Å²) in [6.45, 7) is 8.12. The predicted octanol–water partition coefficient (Wildman–Crippen LogP) is 1.88. The Balaban J connectivity index is 1.94. The van der Waals surface area contributed by atoms with Gasteiger partial charge in [-0.05, 0) is 24.4 Å². The third-order valence-corrected chi connectivity index (χ3v) is 3.79. The molecular formula is C15H21N3OS. The molecule has 1 heterocycles. The molecule has 0 bridgehead atoms. The number of nitrogens with one attached hydrogen (secondary N) is 1. The van der Waals surface area contributed by atoms with Gasteiger partial charge in [-0.3, -0.25) is 0 Å². The molecule has 0 unspecified atom stereocenters. The molecule has 1 saturated heterocycles. The lowest BCUT2D eigenvalue weighted by atomic mass is 10.2. The maximum absolute atomic E-state index is 5.42. The molecule has 1 N–H and O–H groups in total.